The molecule has 0 saturated carbocycles. The fraction of sp³-hybridized carbons (Fsp3) is 0.643. The quantitative estimate of drug-likeness (QED) is 0.784. The fourth-order valence-electron chi connectivity index (χ4n) is 2.34. The zero-order chi connectivity index (χ0) is 16.4. The van der Waals surface area contributed by atoms with Gasteiger partial charge < -0.3 is 9.64 Å². The molecule has 122 valence electrons. The highest BCUT2D eigenvalue weighted by Crippen LogP contribution is 2.23. The van der Waals surface area contributed by atoms with E-state index in [1.54, 1.807) is 26.8 Å². The Morgan fingerprint density at radius 3 is 2.59 bits per heavy atom. The van der Waals surface area contributed by atoms with Crippen molar-refractivity contribution in [3.8, 4) is 0 Å². The molecule has 1 atom stereocenters. The number of carbonyl (C=O) groups is 1. The molecule has 0 spiro atoms. The lowest BCUT2D eigenvalue weighted by Crippen LogP contribution is -2.42. The summed E-state index contributed by atoms with van der Waals surface area (Å²) in [6.45, 7) is 5.85. The number of ether oxygens (including phenoxy) is 1. The number of rotatable bonds is 3. The fourth-order valence-corrected chi connectivity index (χ4v) is 3.79. The lowest BCUT2D eigenvalue weighted by Gasteiger charge is -2.28. The molecule has 1 aromatic heterocycles. The summed E-state index contributed by atoms with van der Waals surface area (Å²) in [4.78, 5) is 21.2. The van der Waals surface area contributed by atoms with Crippen LogP contribution in [0.15, 0.2) is 23.6 Å². The number of hydrogen-bond donors (Lipinski definition) is 0. The molecule has 7 nitrogen and oxygen atoms in total. The van der Waals surface area contributed by atoms with E-state index in [0.717, 1.165) is 6.42 Å². The van der Waals surface area contributed by atoms with Crippen molar-refractivity contribution in [2.45, 2.75) is 50.4 Å². The number of nitrogens with zero attached hydrogens (tertiary/aromatic N) is 3. The minimum absolute atomic E-state index is 0.184. The van der Waals surface area contributed by atoms with Gasteiger partial charge in [-0.25, -0.2) is 23.2 Å². The van der Waals surface area contributed by atoms with E-state index in [1.165, 1.54) is 17.3 Å². The van der Waals surface area contributed by atoms with Gasteiger partial charge in [0.05, 0.1) is 5.75 Å². The Hall–Kier alpha value is -1.70. The molecule has 1 fully saturated rings. The molecule has 0 bridgehead atoms. The Balaban J connectivity index is 2.10. The van der Waals surface area contributed by atoms with Crippen LogP contribution in [0.4, 0.5) is 4.79 Å². The highest BCUT2D eigenvalue weighted by molar-refractivity contribution is 7.91. The standard InChI is InChI=1S/C14H21N3O4S/c1-14(2,3)21-13(18)17-9-4-6-11(17)10-22(19,20)12-15-7-5-8-16-12/h5,7-8,11H,4,6,9-10H2,1-3H3/t11-/m0/s1. The number of sulfone groups is 1. The first-order valence-corrected chi connectivity index (χ1v) is 8.84. The van der Waals surface area contributed by atoms with E-state index in [1.807, 2.05) is 0 Å². The summed E-state index contributed by atoms with van der Waals surface area (Å²) >= 11 is 0. The summed E-state index contributed by atoms with van der Waals surface area (Å²) in [6.07, 6.45) is 3.69. The van der Waals surface area contributed by atoms with Crippen LogP contribution in [0.25, 0.3) is 0 Å². The number of hydrogen-bond acceptors (Lipinski definition) is 6. The van der Waals surface area contributed by atoms with Crippen molar-refractivity contribution in [3.63, 3.8) is 0 Å². The largest absolute Gasteiger partial charge is 0.444 e. The third-order valence-electron chi connectivity index (χ3n) is 3.24. The van der Waals surface area contributed by atoms with Gasteiger partial charge in [-0.2, -0.15) is 0 Å². The molecular formula is C14H21N3O4S. The second kappa shape index (κ2) is 6.20. The zero-order valence-electron chi connectivity index (χ0n) is 13.0. The van der Waals surface area contributed by atoms with Crippen molar-refractivity contribution < 1.29 is 17.9 Å². The summed E-state index contributed by atoms with van der Waals surface area (Å²) in [7, 11) is -3.63. The lowest BCUT2D eigenvalue weighted by atomic mass is 10.2. The predicted octanol–water partition coefficient (Wildman–Crippen LogP) is 1.65. The lowest BCUT2D eigenvalue weighted by molar-refractivity contribution is 0.0241. The minimum atomic E-state index is -3.63. The number of amides is 1. The van der Waals surface area contributed by atoms with Crippen LogP contribution >= 0.6 is 0 Å². The zero-order valence-corrected chi connectivity index (χ0v) is 13.8. The van der Waals surface area contributed by atoms with Crippen LogP contribution in [0.5, 0.6) is 0 Å². The average Bonchev–Trinajstić information content (AvgIpc) is 2.85. The molecule has 0 N–H and O–H groups in total. The van der Waals surface area contributed by atoms with Crippen LogP contribution in [0.1, 0.15) is 33.6 Å². The molecule has 0 unspecified atom stereocenters. The van der Waals surface area contributed by atoms with E-state index in [0.29, 0.717) is 13.0 Å². The van der Waals surface area contributed by atoms with Crippen LogP contribution in [0, 0.1) is 0 Å². The Morgan fingerprint density at radius 2 is 2.00 bits per heavy atom. The topological polar surface area (TPSA) is 89.5 Å². The summed E-state index contributed by atoms with van der Waals surface area (Å²) in [5, 5.41) is -0.203. The Bertz CT molecular complexity index is 625. The first-order chi connectivity index (χ1) is 10.2. The molecular weight excluding hydrogens is 306 g/mol. The van der Waals surface area contributed by atoms with Crippen LogP contribution in [0.2, 0.25) is 0 Å². The summed E-state index contributed by atoms with van der Waals surface area (Å²) in [5.74, 6) is -0.184. The number of likely N-dealkylation sites (tertiary alicyclic amines) is 1. The minimum Gasteiger partial charge on any atom is -0.444 e. The highest BCUT2D eigenvalue weighted by atomic mass is 32.2. The molecule has 2 rings (SSSR count). The van der Waals surface area contributed by atoms with E-state index in [4.69, 9.17) is 4.74 Å². The molecule has 0 radical (unpaired) electrons. The van der Waals surface area contributed by atoms with Crippen LogP contribution in [-0.4, -0.2) is 53.3 Å². The first-order valence-electron chi connectivity index (χ1n) is 7.18. The van der Waals surface area contributed by atoms with Gasteiger partial charge in [-0.3, -0.25) is 0 Å². The maximum atomic E-state index is 12.3. The maximum Gasteiger partial charge on any atom is 0.410 e. The van der Waals surface area contributed by atoms with Gasteiger partial charge in [0.2, 0.25) is 15.0 Å². The predicted molar refractivity (Wildman–Crippen MR) is 80.0 cm³/mol. The normalized spacial score (nSPS) is 19.2. The summed E-state index contributed by atoms with van der Waals surface area (Å²) in [6, 6.07) is 1.16. The van der Waals surface area contributed by atoms with Gasteiger partial charge in [0.15, 0.2) is 0 Å². The van der Waals surface area contributed by atoms with E-state index < -0.39 is 27.6 Å². The van der Waals surface area contributed by atoms with Crippen molar-refractivity contribution in [1.82, 2.24) is 14.9 Å². The molecule has 2 heterocycles. The smallest absolute Gasteiger partial charge is 0.410 e. The van der Waals surface area contributed by atoms with Crippen molar-refractivity contribution in [2.75, 3.05) is 12.3 Å². The molecule has 1 aromatic rings. The summed E-state index contributed by atoms with van der Waals surface area (Å²) in [5.41, 5.74) is -0.606. The van der Waals surface area contributed by atoms with Gasteiger partial charge in [-0.05, 0) is 39.7 Å². The Kier molecular flexibility index (Phi) is 4.69. The van der Waals surface area contributed by atoms with Gasteiger partial charge in [-0.15, -0.1) is 0 Å². The van der Waals surface area contributed by atoms with Gasteiger partial charge in [0.25, 0.3) is 0 Å². The van der Waals surface area contributed by atoms with Crippen molar-refractivity contribution in [1.29, 1.82) is 0 Å². The van der Waals surface area contributed by atoms with Crippen molar-refractivity contribution >= 4 is 15.9 Å². The molecule has 8 heteroatoms. The second-order valence-corrected chi connectivity index (χ2v) is 8.21. The molecule has 1 aliphatic rings. The van der Waals surface area contributed by atoms with Gasteiger partial charge in [-0.1, -0.05) is 0 Å². The second-order valence-electron chi connectivity index (χ2n) is 6.28. The third-order valence-corrected chi connectivity index (χ3v) is 4.83. The van der Waals surface area contributed by atoms with Crippen molar-refractivity contribution in [2.24, 2.45) is 0 Å². The van der Waals surface area contributed by atoms with E-state index in [9.17, 15) is 13.2 Å². The molecule has 1 saturated heterocycles. The summed E-state index contributed by atoms with van der Waals surface area (Å²) < 4.78 is 30.0. The van der Waals surface area contributed by atoms with Gasteiger partial charge in [0.1, 0.15) is 5.60 Å². The first kappa shape index (κ1) is 16.7. The molecule has 0 aliphatic carbocycles. The number of carbonyl (C=O) groups excluding carboxylic acids is 1. The highest BCUT2D eigenvalue weighted by Gasteiger charge is 2.36. The SMILES string of the molecule is CC(C)(C)OC(=O)N1CCC[C@H]1CS(=O)(=O)c1ncccn1. The molecule has 0 aromatic carbocycles. The van der Waals surface area contributed by atoms with E-state index in [2.05, 4.69) is 9.97 Å². The van der Waals surface area contributed by atoms with E-state index in [-0.39, 0.29) is 10.9 Å². The Labute approximate surface area is 130 Å². The van der Waals surface area contributed by atoms with Crippen LogP contribution in [0.3, 0.4) is 0 Å². The average molecular weight is 327 g/mol. The maximum absolute atomic E-state index is 12.3. The molecule has 1 amide bonds. The third kappa shape index (κ3) is 4.16. The van der Waals surface area contributed by atoms with Gasteiger partial charge >= 0.3 is 6.09 Å². The van der Waals surface area contributed by atoms with Crippen LogP contribution < -0.4 is 0 Å². The Morgan fingerprint density at radius 1 is 1.36 bits per heavy atom. The molecule has 22 heavy (non-hydrogen) atoms. The molecule has 1 aliphatic heterocycles. The van der Waals surface area contributed by atoms with Gasteiger partial charge in [0, 0.05) is 25.0 Å². The van der Waals surface area contributed by atoms with Crippen LogP contribution in [-0.2, 0) is 14.6 Å². The monoisotopic (exact) mass is 327 g/mol. The van der Waals surface area contributed by atoms with E-state index >= 15 is 0 Å². The number of aromatic nitrogens is 2. The van der Waals surface area contributed by atoms with Crippen molar-refractivity contribution in [3.05, 3.63) is 18.5 Å².